The SMILES string of the molecule is Cc1ccc(CSCC2Nc3ccc(C(=O)NCCC(C)C)cc3NC2=O)cc1. The summed E-state index contributed by atoms with van der Waals surface area (Å²) in [4.78, 5) is 24.8. The van der Waals surface area contributed by atoms with Crippen molar-refractivity contribution in [3.8, 4) is 0 Å². The Morgan fingerprint density at radius 3 is 2.62 bits per heavy atom. The van der Waals surface area contributed by atoms with E-state index in [-0.39, 0.29) is 17.9 Å². The van der Waals surface area contributed by atoms with E-state index in [1.165, 1.54) is 11.1 Å². The molecule has 3 N–H and O–H groups in total. The summed E-state index contributed by atoms with van der Waals surface area (Å²) in [5.41, 5.74) is 4.57. The summed E-state index contributed by atoms with van der Waals surface area (Å²) in [5.74, 6) is 1.91. The van der Waals surface area contributed by atoms with Gasteiger partial charge in [0.05, 0.1) is 11.4 Å². The van der Waals surface area contributed by atoms with E-state index in [0.717, 1.165) is 17.9 Å². The lowest BCUT2D eigenvalue weighted by molar-refractivity contribution is -0.116. The molecule has 0 radical (unpaired) electrons. The van der Waals surface area contributed by atoms with Crippen molar-refractivity contribution in [1.29, 1.82) is 0 Å². The van der Waals surface area contributed by atoms with Gasteiger partial charge in [0.15, 0.2) is 0 Å². The fourth-order valence-electron chi connectivity index (χ4n) is 3.06. The maximum absolute atomic E-state index is 12.5. The zero-order chi connectivity index (χ0) is 20.8. The van der Waals surface area contributed by atoms with Gasteiger partial charge in [-0.05, 0) is 43.0 Å². The van der Waals surface area contributed by atoms with Crippen molar-refractivity contribution in [3.05, 3.63) is 59.2 Å². The first-order chi connectivity index (χ1) is 13.9. The number of amides is 2. The summed E-state index contributed by atoms with van der Waals surface area (Å²) in [5, 5.41) is 9.17. The largest absolute Gasteiger partial charge is 0.371 e. The van der Waals surface area contributed by atoms with E-state index < -0.39 is 0 Å². The lowest BCUT2D eigenvalue weighted by atomic mass is 10.1. The highest BCUT2D eigenvalue weighted by atomic mass is 32.2. The Balaban J connectivity index is 1.54. The van der Waals surface area contributed by atoms with E-state index in [1.54, 1.807) is 23.9 Å². The van der Waals surface area contributed by atoms with Gasteiger partial charge in [-0.25, -0.2) is 0 Å². The molecule has 1 aliphatic rings. The second-order valence-corrected chi connectivity index (χ2v) is 8.92. The fraction of sp³-hybridized carbons (Fsp3) is 0.391. The summed E-state index contributed by atoms with van der Waals surface area (Å²) < 4.78 is 0. The van der Waals surface area contributed by atoms with Gasteiger partial charge in [0.25, 0.3) is 5.91 Å². The van der Waals surface area contributed by atoms with E-state index in [0.29, 0.717) is 29.5 Å². The van der Waals surface area contributed by atoms with Crippen LogP contribution in [0.1, 0.15) is 41.8 Å². The molecule has 1 aliphatic heterocycles. The Hall–Kier alpha value is -2.47. The second-order valence-electron chi connectivity index (χ2n) is 7.89. The highest BCUT2D eigenvalue weighted by molar-refractivity contribution is 7.98. The number of hydrogen-bond acceptors (Lipinski definition) is 4. The van der Waals surface area contributed by atoms with Crippen molar-refractivity contribution >= 4 is 35.0 Å². The molecule has 0 saturated heterocycles. The Labute approximate surface area is 177 Å². The number of rotatable bonds is 8. The maximum atomic E-state index is 12.5. The number of hydrogen-bond donors (Lipinski definition) is 3. The Morgan fingerprint density at radius 2 is 1.90 bits per heavy atom. The number of nitrogens with one attached hydrogen (secondary N) is 3. The van der Waals surface area contributed by atoms with E-state index in [9.17, 15) is 9.59 Å². The van der Waals surface area contributed by atoms with Crippen molar-refractivity contribution in [2.45, 2.75) is 39.0 Å². The maximum Gasteiger partial charge on any atom is 0.251 e. The molecule has 0 saturated carbocycles. The minimum atomic E-state index is -0.288. The molecular weight excluding hydrogens is 382 g/mol. The van der Waals surface area contributed by atoms with Crippen LogP contribution < -0.4 is 16.0 Å². The fourth-order valence-corrected chi connectivity index (χ4v) is 4.08. The topological polar surface area (TPSA) is 70.2 Å². The summed E-state index contributed by atoms with van der Waals surface area (Å²) in [6.07, 6.45) is 0.941. The number of benzene rings is 2. The summed E-state index contributed by atoms with van der Waals surface area (Å²) in [6.45, 7) is 6.98. The van der Waals surface area contributed by atoms with Crippen molar-refractivity contribution in [3.63, 3.8) is 0 Å². The number of aryl methyl sites for hydroxylation is 1. The molecule has 1 atom stereocenters. The molecule has 0 fully saturated rings. The Morgan fingerprint density at radius 1 is 1.14 bits per heavy atom. The number of thioether (sulfide) groups is 1. The molecule has 2 aromatic rings. The van der Waals surface area contributed by atoms with Crippen LogP contribution in [0.25, 0.3) is 0 Å². The van der Waals surface area contributed by atoms with Gasteiger partial charge < -0.3 is 16.0 Å². The lowest BCUT2D eigenvalue weighted by Crippen LogP contribution is -2.40. The average molecular weight is 412 g/mol. The van der Waals surface area contributed by atoms with Crippen LogP contribution in [0.3, 0.4) is 0 Å². The predicted molar refractivity (Wildman–Crippen MR) is 122 cm³/mol. The van der Waals surface area contributed by atoms with Crippen LogP contribution in [-0.2, 0) is 10.5 Å². The van der Waals surface area contributed by atoms with E-state index in [1.807, 2.05) is 6.07 Å². The molecular formula is C23H29N3O2S. The quantitative estimate of drug-likeness (QED) is 0.601. The molecule has 6 heteroatoms. The van der Waals surface area contributed by atoms with Crippen molar-refractivity contribution in [2.75, 3.05) is 22.9 Å². The van der Waals surface area contributed by atoms with Crippen LogP contribution in [0.15, 0.2) is 42.5 Å². The smallest absolute Gasteiger partial charge is 0.251 e. The predicted octanol–water partition coefficient (Wildman–Crippen LogP) is 4.44. The first kappa shape index (κ1) is 21.2. The second kappa shape index (κ2) is 9.83. The van der Waals surface area contributed by atoms with E-state index in [2.05, 4.69) is 61.0 Å². The first-order valence-electron chi connectivity index (χ1n) is 10.1. The van der Waals surface area contributed by atoms with Gasteiger partial charge in [-0.1, -0.05) is 43.7 Å². The molecule has 0 bridgehead atoms. The van der Waals surface area contributed by atoms with Crippen LogP contribution in [-0.4, -0.2) is 30.2 Å². The molecule has 29 heavy (non-hydrogen) atoms. The van der Waals surface area contributed by atoms with Crippen LogP contribution in [0.5, 0.6) is 0 Å². The summed E-state index contributed by atoms with van der Waals surface area (Å²) in [7, 11) is 0. The van der Waals surface area contributed by atoms with E-state index >= 15 is 0 Å². The molecule has 0 spiro atoms. The van der Waals surface area contributed by atoms with Gasteiger partial charge in [0, 0.05) is 23.6 Å². The van der Waals surface area contributed by atoms with E-state index in [4.69, 9.17) is 0 Å². The molecule has 3 rings (SSSR count). The third-order valence-corrected chi connectivity index (χ3v) is 5.97. The molecule has 2 aromatic carbocycles. The molecule has 0 aromatic heterocycles. The molecule has 0 aliphatic carbocycles. The zero-order valence-electron chi connectivity index (χ0n) is 17.2. The van der Waals surface area contributed by atoms with Gasteiger partial charge in [-0.2, -0.15) is 11.8 Å². The van der Waals surface area contributed by atoms with Crippen LogP contribution in [0.2, 0.25) is 0 Å². The highest BCUT2D eigenvalue weighted by Crippen LogP contribution is 2.29. The highest BCUT2D eigenvalue weighted by Gasteiger charge is 2.26. The third-order valence-electron chi connectivity index (χ3n) is 4.87. The average Bonchev–Trinajstić information content (AvgIpc) is 2.69. The van der Waals surface area contributed by atoms with Gasteiger partial charge in [-0.15, -0.1) is 0 Å². The normalized spacial score (nSPS) is 15.4. The van der Waals surface area contributed by atoms with Crippen LogP contribution in [0.4, 0.5) is 11.4 Å². The zero-order valence-corrected chi connectivity index (χ0v) is 18.1. The standard InChI is InChI=1S/C23H29N3O2S/c1-15(2)10-11-24-22(27)18-8-9-19-20(12-18)26-23(28)21(25-19)14-29-13-17-6-4-16(3)5-7-17/h4-9,12,15,21,25H,10-11,13-14H2,1-3H3,(H,24,27)(H,26,28). The number of carbonyl (C=O) groups is 2. The molecule has 2 amide bonds. The van der Waals surface area contributed by atoms with Gasteiger partial charge in [0.2, 0.25) is 5.91 Å². The van der Waals surface area contributed by atoms with Crippen LogP contribution in [0, 0.1) is 12.8 Å². The minimum Gasteiger partial charge on any atom is -0.371 e. The van der Waals surface area contributed by atoms with Gasteiger partial charge in [0.1, 0.15) is 6.04 Å². The molecule has 154 valence electrons. The third kappa shape index (κ3) is 6.00. The number of carbonyl (C=O) groups excluding carboxylic acids is 2. The van der Waals surface area contributed by atoms with Crippen LogP contribution >= 0.6 is 11.8 Å². The van der Waals surface area contributed by atoms with Crippen molar-refractivity contribution < 1.29 is 9.59 Å². The number of fused-ring (bicyclic) bond motifs is 1. The molecule has 1 unspecified atom stereocenters. The van der Waals surface area contributed by atoms with Gasteiger partial charge in [-0.3, -0.25) is 9.59 Å². The van der Waals surface area contributed by atoms with Crippen molar-refractivity contribution in [2.24, 2.45) is 5.92 Å². The van der Waals surface area contributed by atoms with Crippen molar-refractivity contribution in [1.82, 2.24) is 5.32 Å². The monoisotopic (exact) mass is 411 g/mol. The summed E-state index contributed by atoms with van der Waals surface area (Å²) >= 11 is 1.73. The lowest BCUT2D eigenvalue weighted by Gasteiger charge is -2.27. The Kier molecular flexibility index (Phi) is 7.20. The number of anilines is 2. The van der Waals surface area contributed by atoms with Gasteiger partial charge >= 0.3 is 0 Å². The first-order valence-corrected chi connectivity index (χ1v) is 11.2. The Bertz CT molecular complexity index is 865. The summed E-state index contributed by atoms with van der Waals surface area (Å²) in [6, 6.07) is 13.6. The molecule has 1 heterocycles. The minimum absolute atomic E-state index is 0.0636. The molecule has 5 nitrogen and oxygen atoms in total.